The summed E-state index contributed by atoms with van der Waals surface area (Å²) in [7, 11) is 1.62. The number of amides is 1. The predicted octanol–water partition coefficient (Wildman–Crippen LogP) is 4.57. The topological polar surface area (TPSA) is 77.6 Å². The van der Waals surface area contributed by atoms with Gasteiger partial charge < -0.3 is 14.6 Å². The molecule has 1 N–H and O–H groups in total. The van der Waals surface area contributed by atoms with Crippen LogP contribution in [0.4, 0.5) is 0 Å². The van der Waals surface area contributed by atoms with E-state index in [4.69, 9.17) is 4.74 Å². The van der Waals surface area contributed by atoms with Crippen LogP contribution in [0.1, 0.15) is 43.5 Å². The van der Waals surface area contributed by atoms with Crippen molar-refractivity contribution in [3.05, 3.63) is 87.8 Å². The van der Waals surface area contributed by atoms with Crippen LogP contribution in [-0.4, -0.2) is 33.2 Å². The van der Waals surface area contributed by atoms with Crippen LogP contribution in [-0.2, 0) is 24.2 Å². The SMILES string of the molecule is CCn1c(C)c(CCC(=O)N[C@H](C)CCc2ccccc2)c(=O)n2nc(-c3ccccc3OC)cc12. The molecule has 7 heteroatoms. The summed E-state index contributed by atoms with van der Waals surface area (Å²) >= 11 is 0. The highest BCUT2D eigenvalue weighted by atomic mass is 16.5. The molecule has 0 fully saturated rings. The molecule has 36 heavy (non-hydrogen) atoms. The molecule has 2 aromatic carbocycles. The Labute approximate surface area is 211 Å². The van der Waals surface area contributed by atoms with E-state index in [1.807, 2.05) is 69.3 Å². The third-order valence-electron chi connectivity index (χ3n) is 6.68. The highest BCUT2D eigenvalue weighted by Gasteiger charge is 2.19. The lowest BCUT2D eigenvalue weighted by Crippen LogP contribution is -2.34. The summed E-state index contributed by atoms with van der Waals surface area (Å²) in [6.45, 7) is 6.68. The van der Waals surface area contributed by atoms with Crippen LogP contribution >= 0.6 is 0 Å². The molecule has 0 aliphatic carbocycles. The van der Waals surface area contributed by atoms with E-state index in [-0.39, 0.29) is 23.9 Å². The van der Waals surface area contributed by atoms with Crippen molar-refractivity contribution >= 4 is 11.6 Å². The van der Waals surface area contributed by atoms with Gasteiger partial charge in [-0.3, -0.25) is 9.59 Å². The molecule has 4 aromatic rings. The van der Waals surface area contributed by atoms with Gasteiger partial charge in [0.15, 0.2) is 0 Å². The van der Waals surface area contributed by atoms with Crippen LogP contribution in [0.25, 0.3) is 16.9 Å². The predicted molar refractivity (Wildman–Crippen MR) is 143 cm³/mol. The first-order valence-corrected chi connectivity index (χ1v) is 12.5. The van der Waals surface area contributed by atoms with Gasteiger partial charge in [-0.2, -0.15) is 9.61 Å². The second-order valence-corrected chi connectivity index (χ2v) is 9.11. The van der Waals surface area contributed by atoms with E-state index in [0.717, 1.165) is 29.7 Å². The summed E-state index contributed by atoms with van der Waals surface area (Å²) in [5.74, 6) is 0.652. The zero-order valence-corrected chi connectivity index (χ0v) is 21.5. The van der Waals surface area contributed by atoms with Crippen LogP contribution < -0.4 is 15.6 Å². The summed E-state index contributed by atoms with van der Waals surface area (Å²) in [5, 5.41) is 7.71. The molecule has 2 heterocycles. The maximum atomic E-state index is 13.4. The van der Waals surface area contributed by atoms with Gasteiger partial charge in [-0.05, 0) is 57.7 Å². The van der Waals surface area contributed by atoms with E-state index in [1.54, 1.807) is 7.11 Å². The summed E-state index contributed by atoms with van der Waals surface area (Å²) in [6.07, 6.45) is 2.39. The molecule has 0 saturated heterocycles. The minimum Gasteiger partial charge on any atom is -0.496 e. The number of fused-ring (bicyclic) bond motifs is 1. The normalized spacial score (nSPS) is 12.0. The van der Waals surface area contributed by atoms with Crippen LogP contribution in [0.3, 0.4) is 0 Å². The van der Waals surface area contributed by atoms with Gasteiger partial charge in [0, 0.05) is 41.9 Å². The number of hydrogen-bond donors (Lipinski definition) is 1. The standard InChI is InChI=1S/C29H34N4O3/c1-5-32-21(3)23(17-18-27(34)30-20(2)15-16-22-11-7-6-8-12-22)29(35)33-28(32)19-25(31-33)24-13-9-10-14-26(24)36-4/h6-14,19-20H,5,15-18H2,1-4H3,(H,30,34)/t20-/m1/s1. The fourth-order valence-corrected chi connectivity index (χ4v) is 4.69. The number of methoxy groups -OCH3 is 1. The number of aryl methyl sites for hydroxylation is 2. The summed E-state index contributed by atoms with van der Waals surface area (Å²) in [6, 6.07) is 19.9. The van der Waals surface area contributed by atoms with Crippen molar-refractivity contribution in [3.63, 3.8) is 0 Å². The average Bonchev–Trinajstić information content (AvgIpc) is 3.33. The van der Waals surface area contributed by atoms with Crippen LogP contribution in [0, 0.1) is 6.92 Å². The average molecular weight is 487 g/mol. The maximum absolute atomic E-state index is 13.4. The van der Waals surface area contributed by atoms with Gasteiger partial charge in [-0.1, -0.05) is 42.5 Å². The molecule has 188 valence electrons. The third kappa shape index (κ3) is 5.35. The van der Waals surface area contributed by atoms with Gasteiger partial charge in [0.25, 0.3) is 5.56 Å². The second kappa shape index (κ2) is 11.2. The number of benzene rings is 2. The van der Waals surface area contributed by atoms with E-state index in [0.29, 0.717) is 30.0 Å². The van der Waals surface area contributed by atoms with Crippen molar-refractivity contribution < 1.29 is 9.53 Å². The third-order valence-corrected chi connectivity index (χ3v) is 6.68. The second-order valence-electron chi connectivity index (χ2n) is 9.11. The Morgan fingerprint density at radius 3 is 2.53 bits per heavy atom. The van der Waals surface area contributed by atoms with Crippen molar-refractivity contribution in [2.24, 2.45) is 0 Å². The summed E-state index contributed by atoms with van der Waals surface area (Å²) < 4.78 is 9.02. The molecule has 7 nitrogen and oxygen atoms in total. The Bertz CT molecular complexity index is 1410. The molecular weight excluding hydrogens is 452 g/mol. The zero-order chi connectivity index (χ0) is 25.7. The number of nitrogens with zero attached hydrogens (tertiary/aromatic N) is 3. The van der Waals surface area contributed by atoms with Gasteiger partial charge >= 0.3 is 0 Å². The highest BCUT2D eigenvalue weighted by Crippen LogP contribution is 2.29. The van der Waals surface area contributed by atoms with Crippen molar-refractivity contribution in [2.75, 3.05) is 7.11 Å². The lowest BCUT2D eigenvalue weighted by Gasteiger charge is -2.16. The molecule has 1 atom stereocenters. The molecule has 0 saturated carbocycles. The van der Waals surface area contributed by atoms with Gasteiger partial charge in [0.05, 0.1) is 12.8 Å². The van der Waals surface area contributed by atoms with E-state index >= 15 is 0 Å². The quantitative estimate of drug-likeness (QED) is 0.356. The molecule has 1 amide bonds. The molecule has 0 aliphatic heterocycles. The van der Waals surface area contributed by atoms with E-state index in [9.17, 15) is 9.59 Å². The molecule has 0 bridgehead atoms. The monoisotopic (exact) mass is 486 g/mol. The first-order chi connectivity index (χ1) is 17.4. The van der Waals surface area contributed by atoms with E-state index in [2.05, 4.69) is 27.1 Å². The van der Waals surface area contributed by atoms with Crippen molar-refractivity contribution in [1.82, 2.24) is 19.5 Å². The molecule has 0 spiro atoms. The molecule has 0 radical (unpaired) electrons. The fourth-order valence-electron chi connectivity index (χ4n) is 4.69. The Kier molecular flexibility index (Phi) is 7.88. The first-order valence-electron chi connectivity index (χ1n) is 12.5. The van der Waals surface area contributed by atoms with E-state index < -0.39 is 0 Å². The van der Waals surface area contributed by atoms with Gasteiger partial charge in [-0.25, -0.2) is 0 Å². The molecule has 0 aliphatic rings. The van der Waals surface area contributed by atoms with Crippen molar-refractivity contribution in [3.8, 4) is 17.0 Å². The number of carbonyl (C=O) groups excluding carboxylic acids is 1. The fraction of sp³-hybridized carbons (Fsp3) is 0.345. The number of ether oxygens (including phenoxy) is 1. The Hall–Kier alpha value is -3.87. The van der Waals surface area contributed by atoms with Crippen molar-refractivity contribution in [2.45, 2.75) is 59.0 Å². The van der Waals surface area contributed by atoms with Gasteiger partial charge in [-0.15, -0.1) is 0 Å². The number of rotatable bonds is 10. The number of aromatic nitrogens is 3. The lowest BCUT2D eigenvalue weighted by atomic mass is 10.1. The Balaban J connectivity index is 1.51. The molecule has 2 aromatic heterocycles. The van der Waals surface area contributed by atoms with Crippen molar-refractivity contribution in [1.29, 1.82) is 0 Å². The summed E-state index contributed by atoms with van der Waals surface area (Å²) in [4.78, 5) is 26.1. The van der Waals surface area contributed by atoms with Crippen LogP contribution in [0.5, 0.6) is 5.75 Å². The number of nitrogens with one attached hydrogen (secondary N) is 1. The highest BCUT2D eigenvalue weighted by molar-refractivity contribution is 5.76. The van der Waals surface area contributed by atoms with Crippen LogP contribution in [0.15, 0.2) is 65.5 Å². The maximum Gasteiger partial charge on any atom is 0.277 e. The number of carbonyl (C=O) groups is 1. The number of hydrogen-bond acceptors (Lipinski definition) is 4. The molecular formula is C29H34N4O3. The molecule has 0 unspecified atom stereocenters. The van der Waals surface area contributed by atoms with Gasteiger partial charge in [0.1, 0.15) is 11.4 Å². The minimum atomic E-state index is -0.182. The number of para-hydroxylation sites is 1. The first kappa shape index (κ1) is 25.2. The Morgan fingerprint density at radius 1 is 1.08 bits per heavy atom. The smallest absolute Gasteiger partial charge is 0.277 e. The largest absolute Gasteiger partial charge is 0.496 e. The lowest BCUT2D eigenvalue weighted by molar-refractivity contribution is -0.121. The zero-order valence-electron chi connectivity index (χ0n) is 21.5. The van der Waals surface area contributed by atoms with Gasteiger partial charge in [0.2, 0.25) is 5.91 Å². The minimum absolute atomic E-state index is 0.0484. The van der Waals surface area contributed by atoms with Crippen LogP contribution in [0.2, 0.25) is 0 Å². The summed E-state index contributed by atoms with van der Waals surface area (Å²) in [5.41, 5.74) is 4.79. The van der Waals surface area contributed by atoms with E-state index in [1.165, 1.54) is 10.1 Å². The molecule has 4 rings (SSSR count). The Morgan fingerprint density at radius 2 is 1.81 bits per heavy atom.